The van der Waals surface area contributed by atoms with Crippen LogP contribution in [0.4, 0.5) is 5.69 Å². The van der Waals surface area contributed by atoms with E-state index >= 15 is 0 Å². The van der Waals surface area contributed by atoms with Crippen LogP contribution in [0.15, 0.2) is 82.2 Å². The van der Waals surface area contributed by atoms with Gasteiger partial charge in [0, 0.05) is 22.1 Å². The molecule has 39 heavy (non-hydrogen) atoms. The standard InChI is InChI=1S/C29H33BrClN3O4S/c1-5-21(3)32-29(36)22(4)33(18-23-9-6-7-12-27(23)31)28(35)19-34(25-11-8-10-24(30)17-25)39(37,38)26-15-13-20(2)14-16-26/h6-17,21-22H,5,18-19H2,1-4H3,(H,32,36)/t21-,22+/m1/s1. The van der Waals surface area contributed by atoms with Crippen LogP contribution in [0.25, 0.3) is 0 Å². The molecular weight excluding hydrogens is 602 g/mol. The van der Waals surface area contributed by atoms with E-state index in [1.165, 1.54) is 17.0 Å². The summed E-state index contributed by atoms with van der Waals surface area (Å²) in [5, 5.41) is 3.36. The van der Waals surface area contributed by atoms with E-state index < -0.39 is 28.5 Å². The molecule has 0 saturated carbocycles. The number of carbonyl (C=O) groups is 2. The lowest BCUT2D eigenvalue weighted by atomic mass is 10.1. The van der Waals surface area contributed by atoms with E-state index in [2.05, 4.69) is 21.2 Å². The molecule has 0 heterocycles. The molecule has 0 radical (unpaired) electrons. The first-order valence-electron chi connectivity index (χ1n) is 12.6. The van der Waals surface area contributed by atoms with E-state index in [4.69, 9.17) is 11.6 Å². The van der Waals surface area contributed by atoms with E-state index in [9.17, 15) is 18.0 Å². The largest absolute Gasteiger partial charge is 0.352 e. The third-order valence-electron chi connectivity index (χ3n) is 6.45. The van der Waals surface area contributed by atoms with Crippen LogP contribution < -0.4 is 9.62 Å². The Morgan fingerprint density at radius 3 is 2.28 bits per heavy atom. The minimum absolute atomic E-state index is 0.0322. The fourth-order valence-corrected chi connectivity index (χ4v) is 5.84. The van der Waals surface area contributed by atoms with Crippen molar-refractivity contribution in [3.05, 3.63) is 93.4 Å². The number of anilines is 1. The second-order valence-electron chi connectivity index (χ2n) is 9.41. The Bertz CT molecular complexity index is 1420. The Labute approximate surface area is 244 Å². The first kappa shape index (κ1) is 30.7. The highest BCUT2D eigenvalue weighted by Gasteiger charge is 2.33. The molecule has 3 aromatic rings. The lowest BCUT2D eigenvalue weighted by molar-refractivity contribution is -0.139. The highest BCUT2D eigenvalue weighted by molar-refractivity contribution is 9.10. The van der Waals surface area contributed by atoms with Gasteiger partial charge in [-0.25, -0.2) is 8.42 Å². The van der Waals surface area contributed by atoms with E-state index in [0.717, 1.165) is 16.3 Å². The Morgan fingerprint density at radius 2 is 1.67 bits per heavy atom. The number of rotatable bonds is 11. The van der Waals surface area contributed by atoms with Gasteiger partial charge < -0.3 is 10.2 Å². The number of nitrogens with one attached hydrogen (secondary N) is 1. The molecule has 1 N–H and O–H groups in total. The molecule has 7 nitrogen and oxygen atoms in total. The number of carbonyl (C=O) groups excluding carboxylic acids is 2. The van der Waals surface area contributed by atoms with E-state index in [1.807, 2.05) is 20.8 Å². The van der Waals surface area contributed by atoms with Crippen molar-refractivity contribution in [2.75, 3.05) is 10.8 Å². The van der Waals surface area contributed by atoms with Gasteiger partial charge in [-0.15, -0.1) is 0 Å². The van der Waals surface area contributed by atoms with Crippen LogP contribution in [0.1, 0.15) is 38.3 Å². The Morgan fingerprint density at radius 1 is 1.00 bits per heavy atom. The lowest BCUT2D eigenvalue weighted by Crippen LogP contribution is -2.52. The van der Waals surface area contributed by atoms with Gasteiger partial charge in [0.25, 0.3) is 10.0 Å². The Balaban J connectivity index is 2.04. The molecule has 0 aliphatic carbocycles. The van der Waals surface area contributed by atoms with Gasteiger partial charge in [-0.05, 0) is 69.2 Å². The van der Waals surface area contributed by atoms with Gasteiger partial charge in [0.15, 0.2) is 0 Å². The fourth-order valence-electron chi connectivity index (χ4n) is 3.86. The number of aryl methyl sites for hydroxylation is 1. The number of sulfonamides is 1. The molecule has 3 rings (SSSR count). The number of benzene rings is 3. The number of nitrogens with zero attached hydrogens (tertiary/aromatic N) is 2. The average Bonchev–Trinajstić information content (AvgIpc) is 2.90. The molecule has 0 fully saturated rings. The highest BCUT2D eigenvalue weighted by Crippen LogP contribution is 2.27. The summed E-state index contributed by atoms with van der Waals surface area (Å²) < 4.78 is 29.4. The smallest absolute Gasteiger partial charge is 0.264 e. The summed E-state index contributed by atoms with van der Waals surface area (Å²) >= 11 is 9.80. The average molecular weight is 635 g/mol. The topological polar surface area (TPSA) is 86.8 Å². The zero-order chi connectivity index (χ0) is 28.7. The van der Waals surface area contributed by atoms with Crippen molar-refractivity contribution in [1.29, 1.82) is 0 Å². The van der Waals surface area contributed by atoms with Crippen LogP contribution in [0, 0.1) is 6.92 Å². The summed E-state index contributed by atoms with van der Waals surface area (Å²) in [7, 11) is -4.13. The van der Waals surface area contributed by atoms with Gasteiger partial charge in [-0.1, -0.05) is 76.4 Å². The quantitative estimate of drug-likeness (QED) is 0.283. The van der Waals surface area contributed by atoms with Gasteiger partial charge in [0.1, 0.15) is 12.6 Å². The van der Waals surface area contributed by atoms with Crippen molar-refractivity contribution in [3.63, 3.8) is 0 Å². The molecule has 0 aliphatic rings. The number of amides is 2. The van der Waals surface area contributed by atoms with Crippen LogP contribution >= 0.6 is 27.5 Å². The monoisotopic (exact) mass is 633 g/mol. The molecule has 10 heteroatoms. The van der Waals surface area contributed by atoms with E-state index in [-0.39, 0.29) is 23.4 Å². The summed E-state index contributed by atoms with van der Waals surface area (Å²) in [5.74, 6) is -0.877. The maximum Gasteiger partial charge on any atom is 0.264 e. The minimum Gasteiger partial charge on any atom is -0.352 e. The van der Waals surface area contributed by atoms with Crippen molar-refractivity contribution in [1.82, 2.24) is 10.2 Å². The molecule has 0 bridgehead atoms. The molecule has 2 amide bonds. The van der Waals surface area contributed by atoms with Crippen molar-refractivity contribution in [3.8, 4) is 0 Å². The zero-order valence-electron chi connectivity index (χ0n) is 22.4. The molecule has 2 atom stereocenters. The molecule has 0 aromatic heterocycles. The highest BCUT2D eigenvalue weighted by atomic mass is 79.9. The van der Waals surface area contributed by atoms with Gasteiger partial charge in [-0.2, -0.15) is 0 Å². The first-order valence-corrected chi connectivity index (χ1v) is 15.2. The normalized spacial score (nSPS) is 12.9. The molecule has 3 aromatic carbocycles. The van der Waals surface area contributed by atoms with Crippen LogP contribution in [-0.4, -0.2) is 43.8 Å². The fraction of sp³-hybridized carbons (Fsp3) is 0.310. The summed E-state index contributed by atoms with van der Waals surface area (Å²) in [4.78, 5) is 28.5. The van der Waals surface area contributed by atoms with E-state index in [1.54, 1.807) is 67.6 Å². The lowest BCUT2D eigenvalue weighted by Gasteiger charge is -2.32. The third kappa shape index (κ3) is 7.84. The summed E-state index contributed by atoms with van der Waals surface area (Å²) in [6, 6.07) is 19.3. The van der Waals surface area contributed by atoms with Crippen LogP contribution in [0.2, 0.25) is 5.02 Å². The van der Waals surface area contributed by atoms with E-state index in [0.29, 0.717) is 20.7 Å². The van der Waals surface area contributed by atoms with Crippen molar-refractivity contribution < 1.29 is 18.0 Å². The molecular formula is C29H33BrClN3O4S. The molecule has 0 spiro atoms. The maximum atomic E-state index is 13.9. The molecule has 0 unspecified atom stereocenters. The second kappa shape index (κ2) is 13.5. The summed E-state index contributed by atoms with van der Waals surface area (Å²) in [6.45, 7) is 6.85. The molecule has 0 aliphatic heterocycles. The van der Waals surface area contributed by atoms with Gasteiger partial charge in [-0.3, -0.25) is 13.9 Å². The van der Waals surface area contributed by atoms with Crippen LogP contribution in [0.3, 0.4) is 0 Å². The predicted octanol–water partition coefficient (Wildman–Crippen LogP) is 5.94. The molecule has 0 saturated heterocycles. The third-order valence-corrected chi connectivity index (χ3v) is 9.10. The van der Waals surface area contributed by atoms with Gasteiger partial charge in [0.2, 0.25) is 11.8 Å². The van der Waals surface area contributed by atoms with Gasteiger partial charge >= 0.3 is 0 Å². The number of hydrogen-bond donors (Lipinski definition) is 1. The SMILES string of the molecule is CC[C@@H](C)NC(=O)[C@H](C)N(Cc1ccccc1Cl)C(=O)CN(c1cccc(Br)c1)S(=O)(=O)c1ccc(C)cc1. The maximum absolute atomic E-state index is 13.9. The number of halogens is 2. The Kier molecular flexibility index (Phi) is 10.6. The second-order valence-corrected chi connectivity index (χ2v) is 12.6. The summed E-state index contributed by atoms with van der Waals surface area (Å²) in [5.41, 5.74) is 1.87. The minimum atomic E-state index is -4.13. The molecule has 208 valence electrons. The first-order chi connectivity index (χ1) is 18.4. The predicted molar refractivity (Wildman–Crippen MR) is 159 cm³/mol. The van der Waals surface area contributed by atoms with Crippen molar-refractivity contribution >= 4 is 55.1 Å². The Hall–Kier alpha value is -2.88. The van der Waals surface area contributed by atoms with Gasteiger partial charge in [0.05, 0.1) is 10.6 Å². The van der Waals surface area contributed by atoms with Crippen LogP contribution in [0.5, 0.6) is 0 Å². The summed E-state index contributed by atoms with van der Waals surface area (Å²) in [6.07, 6.45) is 0.725. The number of hydrogen-bond acceptors (Lipinski definition) is 4. The van der Waals surface area contributed by atoms with Crippen molar-refractivity contribution in [2.24, 2.45) is 0 Å². The zero-order valence-corrected chi connectivity index (χ0v) is 25.6. The van der Waals surface area contributed by atoms with Crippen molar-refractivity contribution in [2.45, 2.75) is 57.6 Å². The van der Waals surface area contributed by atoms with Crippen LogP contribution in [-0.2, 0) is 26.2 Å².